The molecule has 30 heavy (non-hydrogen) atoms. The molecule has 0 aliphatic carbocycles. The second kappa shape index (κ2) is 10.7. The van der Waals surface area contributed by atoms with Crippen LogP contribution in [0.15, 0.2) is 29.2 Å². The number of nitrogens with one attached hydrogen (secondary N) is 1. The monoisotopic (exact) mass is 439 g/mol. The van der Waals surface area contributed by atoms with Crippen LogP contribution in [-0.2, 0) is 14.8 Å². The maximum absolute atomic E-state index is 13.1. The molecule has 1 amide bonds. The van der Waals surface area contributed by atoms with E-state index in [0.717, 1.165) is 31.6 Å². The van der Waals surface area contributed by atoms with Gasteiger partial charge in [0.2, 0.25) is 15.9 Å². The number of sulfonamides is 1. The smallest absolute Gasteiger partial charge is 0.243 e. The molecular weight excluding hydrogens is 405 g/mol. The fourth-order valence-electron chi connectivity index (χ4n) is 4.59. The predicted molar refractivity (Wildman–Crippen MR) is 115 cm³/mol. The lowest BCUT2D eigenvalue weighted by Crippen LogP contribution is -2.46. The zero-order valence-electron chi connectivity index (χ0n) is 17.9. The van der Waals surface area contributed by atoms with Gasteiger partial charge in [-0.3, -0.25) is 4.79 Å². The summed E-state index contributed by atoms with van der Waals surface area (Å²) < 4.78 is 40.1. The molecule has 0 saturated carbocycles. The lowest BCUT2D eigenvalue weighted by atomic mass is 9.98. The van der Waals surface area contributed by atoms with Crippen molar-refractivity contribution in [2.75, 3.05) is 32.7 Å². The van der Waals surface area contributed by atoms with E-state index in [1.54, 1.807) is 0 Å². The van der Waals surface area contributed by atoms with Gasteiger partial charge in [-0.15, -0.1) is 0 Å². The molecule has 1 aromatic rings. The highest BCUT2D eigenvalue weighted by molar-refractivity contribution is 7.89. The summed E-state index contributed by atoms with van der Waals surface area (Å²) in [6, 6.07) is 5.51. The average Bonchev–Trinajstić information content (AvgIpc) is 2.77. The summed E-state index contributed by atoms with van der Waals surface area (Å²) in [4.78, 5) is 15.2. The molecule has 2 heterocycles. The summed E-state index contributed by atoms with van der Waals surface area (Å²) in [6.07, 6.45) is 7.24. The van der Waals surface area contributed by atoms with Crippen molar-refractivity contribution >= 4 is 15.9 Å². The molecular formula is C22H34FN3O3S. The Labute approximate surface area is 179 Å². The van der Waals surface area contributed by atoms with Crippen LogP contribution in [-0.4, -0.2) is 62.3 Å². The lowest BCUT2D eigenvalue weighted by molar-refractivity contribution is -0.126. The number of nitrogens with zero attached hydrogens (tertiary/aromatic N) is 2. The molecule has 3 rings (SSSR count). The van der Waals surface area contributed by atoms with E-state index < -0.39 is 15.8 Å². The highest BCUT2D eigenvalue weighted by Gasteiger charge is 2.33. The molecule has 1 aromatic carbocycles. The first-order valence-electron chi connectivity index (χ1n) is 11.2. The average molecular weight is 440 g/mol. The van der Waals surface area contributed by atoms with Crippen LogP contribution < -0.4 is 5.32 Å². The lowest BCUT2D eigenvalue weighted by Gasteiger charge is -2.35. The van der Waals surface area contributed by atoms with Crippen LogP contribution in [0.4, 0.5) is 4.39 Å². The minimum absolute atomic E-state index is 0.0666. The minimum Gasteiger partial charge on any atom is -0.356 e. The Kier molecular flexibility index (Phi) is 8.25. The van der Waals surface area contributed by atoms with E-state index in [4.69, 9.17) is 0 Å². The van der Waals surface area contributed by atoms with Gasteiger partial charge in [0, 0.05) is 32.2 Å². The Morgan fingerprint density at radius 2 is 1.90 bits per heavy atom. The molecule has 6 nitrogen and oxygen atoms in total. The summed E-state index contributed by atoms with van der Waals surface area (Å²) in [5, 5.41) is 3.01. The summed E-state index contributed by atoms with van der Waals surface area (Å²) in [5.41, 5.74) is 0. The van der Waals surface area contributed by atoms with Gasteiger partial charge in [0.15, 0.2) is 0 Å². The highest BCUT2D eigenvalue weighted by atomic mass is 32.2. The van der Waals surface area contributed by atoms with E-state index in [1.165, 1.54) is 42.1 Å². The van der Waals surface area contributed by atoms with Gasteiger partial charge in [-0.1, -0.05) is 13.3 Å². The SMILES string of the molecule is CC[C@H]1CCCCN1CCCNC(=O)[C@H]1CCCN(S(=O)(=O)c2ccc(F)cc2)C1. The number of carbonyl (C=O) groups is 1. The van der Waals surface area contributed by atoms with Gasteiger partial charge in [-0.25, -0.2) is 12.8 Å². The van der Waals surface area contributed by atoms with E-state index in [9.17, 15) is 17.6 Å². The first-order valence-corrected chi connectivity index (χ1v) is 12.6. The first-order chi connectivity index (χ1) is 14.4. The summed E-state index contributed by atoms with van der Waals surface area (Å²) in [5.74, 6) is -0.883. The number of hydrogen-bond donors (Lipinski definition) is 1. The molecule has 2 aliphatic heterocycles. The molecule has 8 heteroatoms. The topological polar surface area (TPSA) is 69.7 Å². The third kappa shape index (κ3) is 5.80. The number of amides is 1. The largest absolute Gasteiger partial charge is 0.356 e. The van der Waals surface area contributed by atoms with Crippen LogP contribution in [0.1, 0.15) is 51.9 Å². The normalized spacial score (nSPS) is 23.9. The Bertz CT molecular complexity index is 800. The van der Waals surface area contributed by atoms with Crippen LogP contribution in [0.25, 0.3) is 0 Å². The van der Waals surface area contributed by atoms with Gasteiger partial charge in [-0.05, 0) is 69.3 Å². The third-order valence-electron chi connectivity index (χ3n) is 6.35. The molecule has 0 unspecified atom stereocenters. The van der Waals surface area contributed by atoms with Crippen LogP contribution in [0.3, 0.4) is 0 Å². The van der Waals surface area contributed by atoms with Gasteiger partial charge in [-0.2, -0.15) is 4.31 Å². The molecule has 0 spiro atoms. The number of rotatable bonds is 8. The minimum atomic E-state index is -3.71. The molecule has 0 radical (unpaired) electrons. The van der Waals surface area contributed by atoms with Crippen LogP contribution in [0.5, 0.6) is 0 Å². The molecule has 2 aliphatic rings. The second-order valence-electron chi connectivity index (χ2n) is 8.39. The third-order valence-corrected chi connectivity index (χ3v) is 8.23. The maximum atomic E-state index is 13.1. The fourth-order valence-corrected chi connectivity index (χ4v) is 6.11. The Morgan fingerprint density at radius 3 is 2.63 bits per heavy atom. The van der Waals surface area contributed by atoms with Crippen molar-refractivity contribution in [1.82, 2.24) is 14.5 Å². The van der Waals surface area contributed by atoms with Gasteiger partial charge in [0.05, 0.1) is 10.8 Å². The zero-order chi connectivity index (χ0) is 21.6. The number of halogens is 1. The summed E-state index contributed by atoms with van der Waals surface area (Å²) in [7, 11) is -3.71. The van der Waals surface area contributed by atoms with Crippen LogP contribution in [0, 0.1) is 11.7 Å². The Hall–Kier alpha value is -1.51. The standard InChI is InChI=1S/C22H34FN3O3S/c1-2-20-8-3-4-14-25(20)15-6-13-24-22(27)18-7-5-16-26(17-18)30(28,29)21-11-9-19(23)10-12-21/h9-12,18,20H,2-8,13-17H2,1H3,(H,24,27)/t18-,20-/m0/s1. The number of piperidine rings is 2. The second-order valence-corrected chi connectivity index (χ2v) is 10.3. The van der Waals surface area contributed by atoms with Crippen LogP contribution in [0.2, 0.25) is 0 Å². The number of likely N-dealkylation sites (tertiary alicyclic amines) is 1. The Morgan fingerprint density at radius 1 is 1.13 bits per heavy atom. The van der Waals surface area contributed by atoms with E-state index in [2.05, 4.69) is 17.1 Å². The zero-order valence-corrected chi connectivity index (χ0v) is 18.7. The number of benzene rings is 1. The van der Waals surface area contributed by atoms with Crippen molar-refractivity contribution < 1.29 is 17.6 Å². The summed E-state index contributed by atoms with van der Waals surface area (Å²) >= 11 is 0. The van der Waals surface area contributed by atoms with Crippen molar-refractivity contribution in [2.24, 2.45) is 5.92 Å². The number of carbonyl (C=O) groups excluding carboxylic acids is 1. The molecule has 0 bridgehead atoms. The van der Waals surface area contributed by atoms with E-state index in [-0.39, 0.29) is 23.3 Å². The number of hydrogen-bond acceptors (Lipinski definition) is 4. The molecule has 2 atom stereocenters. The molecule has 1 N–H and O–H groups in total. The van der Waals surface area contributed by atoms with Gasteiger partial charge in [0.25, 0.3) is 0 Å². The Balaban J connectivity index is 1.47. The molecule has 2 fully saturated rings. The van der Waals surface area contributed by atoms with E-state index in [0.29, 0.717) is 32.0 Å². The molecule has 0 aromatic heterocycles. The molecule has 168 valence electrons. The molecule has 2 saturated heterocycles. The predicted octanol–water partition coefficient (Wildman–Crippen LogP) is 3.00. The van der Waals surface area contributed by atoms with Crippen molar-refractivity contribution in [3.63, 3.8) is 0 Å². The summed E-state index contributed by atoms with van der Waals surface area (Å²) in [6.45, 7) is 5.55. The maximum Gasteiger partial charge on any atom is 0.243 e. The van der Waals surface area contributed by atoms with Gasteiger partial charge < -0.3 is 10.2 Å². The van der Waals surface area contributed by atoms with Crippen molar-refractivity contribution in [3.05, 3.63) is 30.1 Å². The van der Waals surface area contributed by atoms with Crippen molar-refractivity contribution in [1.29, 1.82) is 0 Å². The van der Waals surface area contributed by atoms with Crippen molar-refractivity contribution in [2.45, 2.75) is 62.8 Å². The van der Waals surface area contributed by atoms with E-state index in [1.807, 2.05) is 0 Å². The quantitative estimate of drug-likeness (QED) is 0.632. The van der Waals surface area contributed by atoms with Crippen molar-refractivity contribution in [3.8, 4) is 0 Å². The van der Waals surface area contributed by atoms with E-state index >= 15 is 0 Å². The first kappa shape index (κ1) is 23.2. The van der Waals surface area contributed by atoms with Gasteiger partial charge >= 0.3 is 0 Å². The van der Waals surface area contributed by atoms with Gasteiger partial charge in [0.1, 0.15) is 5.82 Å². The highest BCUT2D eigenvalue weighted by Crippen LogP contribution is 2.24. The van der Waals surface area contributed by atoms with Crippen LogP contribution >= 0.6 is 0 Å². The fraction of sp³-hybridized carbons (Fsp3) is 0.682.